The van der Waals surface area contributed by atoms with Crippen LogP contribution in [0.25, 0.3) is 0 Å². The standard InChI is InChI=1S/C12H19N3O4S/c1-4-19-10-6-5-9(14-12(16)8-13)7-11(10)20(17,18)15(2)3/h5-7H,4,8,13H2,1-3H3,(H,14,16). The number of rotatable bonds is 6. The van der Waals surface area contributed by atoms with Gasteiger partial charge in [-0.2, -0.15) is 0 Å². The van der Waals surface area contributed by atoms with E-state index in [1.54, 1.807) is 13.0 Å². The van der Waals surface area contributed by atoms with E-state index in [1.807, 2.05) is 0 Å². The predicted molar refractivity (Wildman–Crippen MR) is 76.2 cm³/mol. The lowest BCUT2D eigenvalue weighted by molar-refractivity contribution is -0.114. The van der Waals surface area contributed by atoms with E-state index in [-0.39, 0.29) is 17.2 Å². The van der Waals surface area contributed by atoms with E-state index in [1.165, 1.54) is 26.2 Å². The van der Waals surface area contributed by atoms with Crippen LogP contribution in [0.2, 0.25) is 0 Å². The van der Waals surface area contributed by atoms with E-state index in [2.05, 4.69) is 5.32 Å². The lowest BCUT2D eigenvalue weighted by Crippen LogP contribution is -2.24. The number of hydrogen-bond acceptors (Lipinski definition) is 5. The van der Waals surface area contributed by atoms with Gasteiger partial charge in [-0.3, -0.25) is 4.79 Å². The second kappa shape index (κ2) is 6.69. The van der Waals surface area contributed by atoms with Crippen molar-refractivity contribution >= 4 is 21.6 Å². The molecular formula is C12H19N3O4S. The van der Waals surface area contributed by atoms with E-state index in [0.717, 1.165) is 4.31 Å². The highest BCUT2D eigenvalue weighted by molar-refractivity contribution is 7.89. The Morgan fingerprint density at radius 2 is 2.05 bits per heavy atom. The Kier molecular flexibility index (Phi) is 5.49. The van der Waals surface area contributed by atoms with Crippen LogP contribution in [-0.2, 0) is 14.8 Å². The molecule has 0 aliphatic rings. The van der Waals surface area contributed by atoms with Gasteiger partial charge >= 0.3 is 0 Å². The second-order valence-electron chi connectivity index (χ2n) is 4.13. The Hall–Kier alpha value is -1.64. The van der Waals surface area contributed by atoms with Crippen LogP contribution < -0.4 is 15.8 Å². The van der Waals surface area contributed by atoms with Crippen LogP contribution in [0.3, 0.4) is 0 Å². The molecule has 0 bridgehead atoms. The summed E-state index contributed by atoms with van der Waals surface area (Å²) in [5.74, 6) is -0.158. The van der Waals surface area contributed by atoms with Gasteiger partial charge in [0.1, 0.15) is 10.6 Å². The van der Waals surface area contributed by atoms with Gasteiger partial charge in [0.15, 0.2) is 0 Å². The Morgan fingerprint density at radius 3 is 2.55 bits per heavy atom. The van der Waals surface area contributed by atoms with Crippen LogP contribution in [0.15, 0.2) is 23.1 Å². The van der Waals surface area contributed by atoms with Crippen molar-refractivity contribution in [1.82, 2.24) is 4.31 Å². The molecule has 0 radical (unpaired) electrons. The summed E-state index contributed by atoms with van der Waals surface area (Å²) in [6, 6.07) is 4.42. The van der Waals surface area contributed by atoms with Crippen LogP contribution in [0.4, 0.5) is 5.69 Å². The van der Waals surface area contributed by atoms with E-state index < -0.39 is 15.9 Å². The number of nitrogens with two attached hydrogens (primary N) is 1. The summed E-state index contributed by atoms with van der Waals surface area (Å²) in [6.07, 6.45) is 0. The van der Waals surface area contributed by atoms with Crippen molar-refractivity contribution in [3.05, 3.63) is 18.2 Å². The van der Waals surface area contributed by atoms with Crippen LogP contribution in [0.5, 0.6) is 5.75 Å². The summed E-state index contributed by atoms with van der Waals surface area (Å²) in [6.45, 7) is 1.92. The van der Waals surface area contributed by atoms with Gasteiger partial charge < -0.3 is 15.8 Å². The molecule has 0 fully saturated rings. The molecule has 0 aromatic heterocycles. The van der Waals surface area contributed by atoms with Crippen molar-refractivity contribution in [3.63, 3.8) is 0 Å². The third kappa shape index (κ3) is 3.69. The average molecular weight is 301 g/mol. The van der Waals surface area contributed by atoms with E-state index in [9.17, 15) is 13.2 Å². The van der Waals surface area contributed by atoms with E-state index in [4.69, 9.17) is 10.5 Å². The minimum Gasteiger partial charge on any atom is -0.492 e. The maximum absolute atomic E-state index is 12.2. The van der Waals surface area contributed by atoms with Gasteiger partial charge in [0.25, 0.3) is 0 Å². The number of carbonyl (C=O) groups excluding carboxylic acids is 1. The smallest absolute Gasteiger partial charge is 0.246 e. The largest absolute Gasteiger partial charge is 0.492 e. The first-order chi connectivity index (χ1) is 9.32. The van der Waals surface area contributed by atoms with Crippen molar-refractivity contribution in [2.24, 2.45) is 5.73 Å². The summed E-state index contributed by atoms with van der Waals surface area (Å²) in [5.41, 5.74) is 5.56. The molecule has 0 spiro atoms. The van der Waals surface area contributed by atoms with Gasteiger partial charge in [-0.25, -0.2) is 12.7 Å². The predicted octanol–water partition coefficient (Wildman–Crippen LogP) is 0.233. The molecule has 0 saturated heterocycles. The summed E-state index contributed by atoms with van der Waals surface area (Å²) >= 11 is 0. The fraction of sp³-hybridized carbons (Fsp3) is 0.417. The fourth-order valence-electron chi connectivity index (χ4n) is 1.47. The van der Waals surface area contributed by atoms with Crippen molar-refractivity contribution in [1.29, 1.82) is 0 Å². The van der Waals surface area contributed by atoms with E-state index in [0.29, 0.717) is 12.3 Å². The van der Waals surface area contributed by atoms with Crippen molar-refractivity contribution in [3.8, 4) is 5.75 Å². The lowest BCUT2D eigenvalue weighted by atomic mass is 10.3. The van der Waals surface area contributed by atoms with Crippen molar-refractivity contribution in [2.45, 2.75) is 11.8 Å². The van der Waals surface area contributed by atoms with E-state index >= 15 is 0 Å². The first-order valence-corrected chi connectivity index (χ1v) is 7.46. The molecule has 0 unspecified atom stereocenters. The van der Waals surface area contributed by atoms with Gasteiger partial charge in [0.2, 0.25) is 15.9 Å². The zero-order chi connectivity index (χ0) is 15.3. The van der Waals surface area contributed by atoms with Crippen molar-refractivity contribution < 1.29 is 17.9 Å². The quantitative estimate of drug-likeness (QED) is 0.783. The Balaban J connectivity index is 3.29. The monoisotopic (exact) mass is 301 g/mol. The number of anilines is 1. The first kappa shape index (κ1) is 16.4. The molecule has 3 N–H and O–H groups in total. The summed E-state index contributed by atoms with van der Waals surface area (Å²) in [4.78, 5) is 11.3. The van der Waals surface area contributed by atoms with Crippen LogP contribution in [-0.4, -0.2) is 45.9 Å². The van der Waals surface area contributed by atoms with Crippen LogP contribution >= 0.6 is 0 Å². The highest BCUT2D eigenvalue weighted by Crippen LogP contribution is 2.29. The maximum atomic E-state index is 12.2. The minimum atomic E-state index is -3.67. The SMILES string of the molecule is CCOc1ccc(NC(=O)CN)cc1S(=O)(=O)N(C)C. The molecule has 20 heavy (non-hydrogen) atoms. The number of nitrogens with zero attached hydrogens (tertiary/aromatic N) is 1. The molecule has 0 atom stereocenters. The number of carbonyl (C=O) groups is 1. The Labute approximate surface area is 118 Å². The minimum absolute atomic E-state index is 0.000767. The van der Waals surface area contributed by atoms with Gasteiger partial charge in [-0.1, -0.05) is 0 Å². The van der Waals surface area contributed by atoms with Gasteiger partial charge in [0, 0.05) is 19.8 Å². The zero-order valence-corrected chi connectivity index (χ0v) is 12.5. The van der Waals surface area contributed by atoms with Gasteiger partial charge in [-0.15, -0.1) is 0 Å². The molecule has 1 aromatic rings. The van der Waals surface area contributed by atoms with Gasteiger partial charge in [-0.05, 0) is 25.1 Å². The molecule has 0 saturated carbocycles. The molecule has 8 heteroatoms. The second-order valence-corrected chi connectivity index (χ2v) is 6.25. The molecule has 0 aliphatic heterocycles. The molecule has 112 valence electrons. The molecule has 1 rings (SSSR count). The van der Waals surface area contributed by atoms with Crippen molar-refractivity contribution in [2.75, 3.05) is 32.6 Å². The van der Waals surface area contributed by atoms with Crippen LogP contribution in [0.1, 0.15) is 6.92 Å². The number of hydrogen-bond donors (Lipinski definition) is 2. The highest BCUT2D eigenvalue weighted by Gasteiger charge is 2.23. The molecule has 0 heterocycles. The Morgan fingerprint density at radius 1 is 1.40 bits per heavy atom. The fourth-order valence-corrected chi connectivity index (χ4v) is 2.52. The zero-order valence-electron chi connectivity index (χ0n) is 11.7. The normalized spacial score (nSPS) is 11.4. The lowest BCUT2D eigenvalue weighted by Gasteiger charge is -2.16. The number of ether oxygens (including phenoxy) is 1. The summed E-state index contributed by atoms with van der Waals surface area (Å²) in [7, 11) is -0.815. The highest BCUT2D eigenvalue weighted by atomic mass is 32.2. The number of benzene rings is 1. The number of nitrogens with one attached hydrogen (secondary N) is 1. The average Bonchev–Trinajstić information content (AvgIpc) is 2.40. The molecule has 0 aliphatic carbocycles. The maximum Gasteiger partial charge on any atom is 0.246 e. The summed E-state index contributed by atoms with van der Waals surface area (Å²) in [5, 5.41) is 2.51. The Bertz CT molecular complexity index is 584. The molecular weight excluding hydrogens is 282 g/mol. The molecule has 1 amide bonds. The first-order valence-electron chi connectivity index (χ1n) is 6.02. The number of sulfonamides is 1. The van der Waals surface area contributed by atoms with Crippen LogP contribution in [0, 0.1) is 0 Å². The van der Waals surface area contributed by atoms with Gasteiger partial charge in [0.05, 0.1) is 13.2 Å². The third-order valence-electron chi connectivity index (χ3n) is 2.47. The third-order valence-corrected chi connectivity index (χ3v) is 4.31. The summed E-state index contributed by atoms with van der Waals surface area (Å²) < 4.78 is 30.9. The number of amides is 1. The topological polar surface area (TPSA) is 102 Å². The molecule has 1 aromatic carbocycles. The molecule has 7 nitrogen and oxygen atoms in total.